The Bertz CT molecular complexity index is 1140. The lowest BCUT2D eigenvalue weighted by Crippen LogP contribution is -2.43. The molecule has 1 amide bonds. The first-order valence-electron chi connectivity index (χ1n) is 8.48. The Kier molecular flexibility index (Phi) is 6.09. The predicted molar refractivity (Wildman–Crippen MR) is 115 cm³/mol. The molecular weight excluding hydrogens is 524 g/mol. The van der Waals surface area contributed by atoms with Crippen LogP contribution in [0.1, 0.15) is 12.8 Å². The first kappa shape index (κ1) is 20.9. The van der Waals surface area contributed by atoms with Crippen LogP contribution in [0.3, 0.4) is 0 Å². The van der Waals surface area contributed by atoms with Gasteiger partial charge in [-0.3, -0.25) is 10.1 Å². The Labute approximate surface area is 188 Å². The highest BCUT2D eigenvalue weighted by Gasteiger charge is 2.34. The van der Waals surface area contributed by atoms with Crippen LogP contribution in [0.4, 0.5) is 6.01 Å². The van der Waals surface area contributed by atoms with Crippen LogP contribution in [0.15, 0.2) is 36.7 Å². The molecule has 1 N–H and O–H groups in total. The van der Waals surface area contributed by atoms with Gasteiger partial charge in [-0.1, -0.05) is 16.7 Å². The van der Waals surface area contributed by atoms with Crippen LogP contribution in [0.25, 0.3) is 10.8 Å². The van der Waals surface area contributed by atoms with Gasteiger partial charge in [0.15, 0.2) is 0 Å². The van der Waals surface area contributed by atoms with E-state index in [1.165, 1.54) is 21.7 Å². The van der Waals surface area contributed by atoms with Crippen molar-refractivity contribution in [2.45, 2.75) is 17.1 Å². The standard InChI is InChI=1S/C16H14BrClN4O4S3/c17-11-4-3-10(27-11)15-20-21-16(26-15)19-14(23)9-2-1-7-22(8-9)29(24,25)13-6-5-12(18)28-13/h3-6,9H,1-2,7-8H2,(H,19,21,23). The summed E-state index contributed by atoms with van der Waals surface area (Å²) in [7, 11) is -3.68. The molecule has 8 nitrogen and oxygen atoms in total. The van der Waals surface area contributed by atoms with Crippen LogP contribution < -0.4 is 5.32 Å². The molecule has 0 radical (unpaired) electrons. The average molecular weight is 538 g/mol. The zero-order chi connectivity index (χ0) is 20.6. The number of anilines is 1. The van der Waals surface area contributed by atoms with Crippen molar-refractivity contribution in [3.05, 3.63) is 32.4 Å². The largest absolute Gasteiger partial charge is 0.402 e. The van der Waals surface area contributed by atoms with Crippen LogP contribution in [0.5, 0.6) is 0 Å². The topological polar surface area (TPSA) is 105 Å². The van der Waals surface area contributed by atoms with Crippen molar-refractivity contribution < 1.29 is 17.6 Å². The minimum atomic E-state index is -3.68. The van der Waals surface area contributed by atoms with Crippen molar-refractivity contribution in [3.8, 4) is 10.8 Å². The second-order valence-corrected chi connectivity index (χ2v) is 12.6. The van der Waals surface area contributed by atoms with Crippen LogP contribution in [-0.4, -0.2) is 41.9 Å². The van der Waals surface area contributed by atoms with Gasteiger partial charge in [-0.05, 0) is 53.0 Å². The highest BCUT2D eigenvalue weighted by Crippen LogP contribution is 2.32. The molecule has 3 aromatic heterocycles. The van der Waals surface area contributed by atoms with Gasteiger partial charge in [0.25, 0.3) is 15.9 Å². The van der Waals surface area contributed by atoms with E-state index in [9.17, 15) is 13.2 Å². The van der Waals surface area contributed by atoms with Crippen molar-refractivity contribution in [3.63, 3.8) is 0 Å². The van der Waals surface area contributed by atoms with Crippen LogP contribution in [-0.2, 0) is 14.8 Å². The second kappa shape index (κ2) is 8.44. The zero-order valence-corrected chi connectivity index (χ0v) is 19.5. The third-order valence-corrected chi connectivity index (χ3v) is 9.51. The molecule has 0 saturated carbocycles. The summed E-state index contributed by atoms with van der Waals surface area (Å²) in [6.45, 7) is 0.447. The minimum Gasteiger partial charge on any atom is -0.402 e. The van der Waals surface area contributed by atoms with Gasteiger partial charge in [0.05, 0.1) is 18.9 Å². The van der Waals surface area contributed by atoms with Crippen LogP contribution >= 0.6 is 50.2 Å². The van der Waals surface area contributed by atoms with E-state index in [2.05, 4.69) is 31.4 Å². The number of piperidine rings is 1. The zero-order valence-electron chi connectivity index (χ0n) is 14.7. The molecule has 1 aliphatic heterocycles. The fourth-order valence-electron chi connectivity index (χ4n) is 2.95. The molecule has 4 heterocycles. The Balaban J connectivity index is 1.43. The summed E-state index contributed by atoms with van der Waals surface area (Å²) >= 11 is 11.7. The van der Waals surface area contributed by atoms with E-state index in [1.54, 1.807) is 6.07 Å². The summed E-state index contributed by atoms with van der Waals surface area (Å²) < 4.78 is 33.9. The number of nitrogens with one attached hydrogen (secondary N) is 1. The Morgan fingerprint density at radius 2 is 2.10 bits per heavy atom. The van der Waals surface area contributed by atoms with Gasteiger partial charge in [-0.25, -0.2) is 8.42 Å². The number of hydrogen-bond donors (Lipinski definition) is 1. The number of amides is 1. The number of hydrogen-bond acceptors (Lipinski definition) is 8. The van der Waals surface area contributed by atoms with Gasteiger partial charge < -0.3 is 4.42 Å². The number of aromatic nitrogens is 2. The molecule has 154 valence electrons. The van der Waals surface area contributed by atoms with Crippen molar-refractivity contribution >= 4 is 72.1 Å². The van der Waals surface area contributed by atoms with E-state index >= 15 is 0 Å². The summed E-state index contributed by atoms with van der Waals surface area (Å²) in [5, 5.41) is 10.4. The minimum absolute atomic E-state index is 0.0143. The van der Waals surface area contributed by atoms with Crippen molar-refractivity contribution in [1.82, 2.24) is 14.5 Å². The molecule has 0 aromatic carbocycles. The van der Waals surface area contributed by atoms with E-state index in [0.29, 0.717) is 29.6 Å². The first-order valence-corrected chi connectivity index (χ1v) is 12.7. The molecule has 1 saturated heterocycles. The smallest absolute Gasteiger partial charge is 0.322 e. The van der Waals surface area contributed by atoms with Gasteiger partial charge in [-0.15, -0.1) is 27.8 Å². The van der Waals surface area contributed by atoms with Crippen molar-refractivity contribution in [2.75, 3.05) is 18.4 Å². The lowest BCUT2D eigenvalue weighted by Gasteiger charge is -2.30. The first-order chi connectivity index (χ1) is 13.8. The maximum absolute atomic E-state index is 12.8. The van der Waals surface area contributed by atoms with Gasteiger partial charge in [0.2, 0.25) is 5.91 Å². The van der Waals surface area contributed by atoms with Crippen LogP contribution in [0.2, 0.25) is 4.34 Å². The van der Waals surface area contributed by atoms with Crippen molar-refractivity contribution in [2.24, 2.45) is 5.92 Å². The van der Waals surface area contributed by atoms with Gasteiger partial charge in [0, 0.05) is 13.1 Å². The average Bonchev–Trinajstić information content (AvgIpc) is 3.43. The highest BCUT2D eigenvalue weighted by molar-refractivity contribution is 9.11. The molecule has 0 aliphatic carbocycles. The number of rotatable bonds is 5. The molecule has 29 heavy (non-hydrogen) atoms. The third-order valence-electron chi connectivity index (χ3n) is 4.34. The van der Waals surface area contributed by atoms with E-state index in [4.69, 9.17) is 16.0 Å². The van der Waals surface area contributed by atoms with E-state index in [1.807, 2.05) is 12.1 Å². The fraction of sp³-hybridized carbons (Fsp3) is 0.312. The maximum Gasteiger partial charge on any atom is 0.322 e. The summed E-state index contributed by atoms with van der Waals surface area (Å²) in [5.74, 6) is -0.560. The Hall–Kier alpha value is -1.31. The third kappa shape index (κ3) is 4.57. The molecule has 0 bridgehead atoms. The van der Waals surface area contributed by atoms with E-state index in [-0.39, 0.29) is 22.7 Å². The number of carbonyl (C=O) groups excluding carboxylic acids is 1. The summed E-state index contributed by atoms with van der Waals surface area (Å²) in [4.78, 5) is 13.4. The SMILES string of the molecule is O=C(Nc1nnc(-c2ccc(Br)s2)o1)C1CCCN(S(=O)(=O)c2ccc(Cl)s2)C1. The lowest BCUT2D eigenvalue weighted by atomic mass is 9.99. The van der Waals surface area contributed by atoms with Crippen molar-refractivity contribution in [1.29, 1.82) is 0 Å². The highest BCUT2D eigenvalue weighted by atomic mass is 79.9. The number of nitrogens with zero attached hydrogens (tertiary/aromatic N) is 3. The van der Waals surface area contributed by atoms with Gasteiger partial charge in [-0.2, -0.15) is 4.31 Å². The number of carbonyl (C=O) groups is 1. The molecular formula is C16H14BrClN4O4S3. The molecule has 13 heteroatoms. The van der Waals surface area contributed by atoms with E-state index < -0.39 is 15.9 Å². The molecule has 1 fully saturated rings. The predicted octanol–water partition coefficient (Wildman–Crippen LogP) is 4.31. The Morgan fingerprint density at radius 3 is 2.79 bits per heavy atom. The monoisotopic (exact) mass is 536 g/mol. The molecule has 3 aromatic rings. The normalized spacial score (nSPS) is 18.1. The number of sulfonamides is 1. The molecule has 4 rings (SSSR count). The maximum atomic E-state index is 12.8. The summed E-state index contributed by atoms with van der Waals surface area (Å²) in [6, 6.07) is 6.70. The van der Waals surface area contributed by atoms with Crippen LogP contribution in [0, 0.1) is 5.92 Å². The van der Waals surface area contributed by atoms with Gasteiger partial charge in [0.1, 0.15) is 4.21 Å². The summed E-state index contributed by atoms with van der Waals surface area (Å²) in [6.07, 6.45) is 1.15. The number of thiophene rings is 2. The molecule has 1 unspecified atom stereocenters. The quantitative estimate of drug-likeness (QED) is 0.520. The van der Waals surface area contributed by atoms with E-state index in [0.717, 1.165) is 20.0 Å². The lowest BCUT2D eigenvalue weighted by molar-refractivity contribution is -0.121. The molecule has 1 atom stereocenters. The van der Waals surface area contributed by atoms with Gasteiger partial charge >= 0.3 is 6.01 Å². The number of halogens is 2. The summed E-state index contributed by atoms with van der Waals surface area (Å²) in [5.41, 5.74) is 0. The molecule has 1 aliphatic rings. The molecule has 0 spiro atoms. The fourth-order valence-corrected chi connectivity index (χ4v) is 7.42. The second-order valence-electron chi connectivity index (χ2n) is 6.27. The Morgan fingerprint density at radius 1 is 1.28 bits per heavy atom.